The highest BCUT2D eigenvalue weighted by atomic mass is 19.4. The van der Waals surface area contributed by atoms with Gasteiger partial charge in [-0.2, -0.15) is 13.2 Å². The number of nitrogens with one attached hydrogen (secondary N) is 1. The van der Waals surface area contributed by atoms with E-state index in [0.29, 0.717) is 23.3 Å². The number of alkyl halides is 3. The van der Waals surface area contributed by atoms with Crippen LogP contribution in [-0.4, -0.2) is 48.8 Å². The number of amides is 1. The summed E-state index contributed by atoms with van der Waals surface area (Å²) in [4.78, 5) is 13.6. The van der Waals surface area contributed by atoms with Gasteiger partial charge in [-0.05, 0) is 38.2 Å². The fourth-order valence-corrected chi connectivity index (χ4v) is 2.92. The molecule has 2 aromatic carbocycles. The van der Waals surface area contributed by atoms with Gasteiger partial charge in [0.2, 0.25) is 0 Å². The highest BCUT2D eigenvalue weighted by Gasteiger charge is 2.28. The van der Waals surface area contributed by atoms with Crippen molar-refractivity contribution in [2.45, 2.75) is 12.6 Å². The molecule has 0 unspecified atom stereocenters. The standard InChI is InChI=1S/C20H20F3N3O2/c1-26(13-20(21,22)23)11-5-10-24-19(27)15-8-9-17-16(12-15)18(28-25-17)14-6-3-2-4-7-14/h2-4,6-9,12H,5,10-11,13H2,1H3,(H,24,27). The maximum absolute atomic E-state index is 12.4. The van der Waals surface area contributed by atoms with Crippen molar-refractivity contribution in [3.05, 3.63) is 54.1 Å². The first kappa shape index (κ1) is 19.9. The largest absolute Gasteiger partial charge is 0.401 e. The zero-order chi connectivity index (χ0) is 20.1. The second kappa shape index (κ2) is 8.43. The number of nitrogens with zero attached hydrogens (tertiary/aromatic N) is 2. The normalized spacial score (nSPS) is 11.9. The molecule has 0 saturated heterocycles. The highest BCUT2D eigenvalue weighted by molar-refractivity contribution is 6.00. The SMILES string of the molecule is CN(CCCNC(=O)c1ccc2noc(-c3ccccc3)c2c1)CC(F)(F)F. The van der Waals surface area contributed by atoms with Crippen molar-refractivity contribution in [3.63, 3.8) is 0 Å². The molecule has 5 nitrogen and oxygen atoms in total. The van der Waals surface area contributed by atoms with E-state index in [-0.39, 0.29) is 19.0 Å². The van der Waals surface area contributed by atoms with Crippen molar-refractivity contribution in [2.75, 3.05) is 26.7 Å². The first-order valence-corrected chi connectivity index (χ1v) is 8.82. The van der Waals surface area contributed by atoms with E-state index in [1.165, 1.54) is 11.9 Å². The number of carbonyl (C=O) groups excluding carboxylic acids is 1. The van der Waals surface area contributed by atoms with Gasteiger partial charge in [-0.25, -0.2) is 0 Å². The lowest BCUT2D eigenvalue weighted by atomic mass is 10.1. The van der Waals surface area contributed by atoms with E-state index in [2.05, 4.69) is 10.5 Å². The van der Waals surface area contributed by atoms with E-state index in [9.17, 15) is 18.0 Å². The molecule has 8 heteroatoms. The first-order valence-electron chi connectivity index (χ1n) is 8.82. The van der Waals surface area contributed by atoms with E-state index in [4.69, 9.17) is 4.52 Å². The molecule has 3 aromatic rings. The lowest BCUT2D eigenvalue weighted by molar-refractivity contribution is -0.143. The average molecular weight is 391 g/mol. The number of hydrogen-bond donors (Lipinski definition) is 1. The molecular weight excluding hydrogens is 371 g/mol. The molecule has 1 amide bonds. The van der Waals surface area contributed by atoms with E-state index in [1.807, 2.05) is 30.3 Å². The second-order valence-corrected chi connectivity index (χ2v) is 6.57. The van der Waals surface area contributed by atoms with Gasteiger partial charge in [0.25, 0.3) is 5.91 Å². The maximum Gasteiger partial charge on any atom is 0.401 e. The minimum Gasteiger partial charge on any atom is -0.355 e. The predicted octanol–water partition coefficient (Wildman–Crippen LogP) is 4.11. The van der Waals surface area contributed by atoms with E-state index < -0.39 is 12.7 Å². The van der Waals surface area contributed by atoms with Crippen LogP contribution < -0.4 is 5.32 Å². The Kier molecular flexibility index (Phi) is 5.99. The Hall–Kier alpha value is -2.87. The summed E-state index contributed by atoms with van der Waals surface area (Å²) >= 11 is 0. The molecule has 3 rings (SSSR count). The molecular formula is C20H20F3N3O2. The summed E-state index contributed by atoms with van der Waals surface area (Å²) in [5.74, 6) is 0.291. The molecule has 0 aliphatic rings. The molecule has 1 aromatic heterocycles. The molecule has 1 N–H and O–H groups in total. The Morgan fingerprint density at radius 1 is 1.18 bits per heavy atom. The lowest BCUT2D eigenvalue weighted by Crippen LogP contribution is -2.33. The number of halogens is 3. The van der Waals surface area contributed by atoms with Gasteiger partial charge in [0.05, 0.1) is 11.9 Å². The van der Waals surface area contributed by atoms with Crippen LogP contribution in [0.25, 0.3) is 22.2 Å². The molecule has 0 saturated carbocycles. The van der Waals surface area contributed by atoms with Gasteiger partial charge >= 0.3 is 6.18 Å². The van der Waals surface area contributed by atoms with E-state index in [0.717, 1.165) is 10.9 Å². The fraction of sp³-hybridized carbons (Fsp3) is 0.300. The zero-order valence-corrected chi connectivity index (χ0v) is 15.3. The lowest BCUT2D eigenvalue weighted by Gasteiger charge is -2.18. The first-order chi connectivity index (χ1) is 13.3. The van der Waals surface area contributed by atoms with Crippen LogP contribution in [0.2, 0.25) is 0 Å². The van der Waals surface area contributed by atoms with Gasteiger partial charge in [-0.1, -0.05) is 35.5 Å². The number of benzene rings is 2. The minimum atomic E-state index is -4.22. The van der Waals surface area contributed by atoms with Crippen LogP contribution in [0.1, 0.15) is 16.8 Å². The summed E-state index contributed by atoms with van der Waals surface area (Å²) in [6.45, 7) is -0.440. The van der Waals surface area contributed by atoms with Gasteiger partial charge in [-0.15, -0.1) is 0 Å². The molecule has 0 fully saturated rings. The number of hydrogen-bond acceptors (Lipinski definition) is 4. The summed E-state index contributed by atoms with van der Waals surface area (Å²) in [7, 11) is 1.40. The minimum absolute atomic E-state index is 0.239. The molecule has 28 heavy (non-hydrogen) atoms. The summed E-state index contributed by atoms with van der Waals surface area (Å²) in [6, 6.07) is 14.5. The molecule has 0 atom stereocenters. The van der Waals surface area contributed by atoms with E-state index in [1.54, 1.807) is 18.2 Å². The van der Waals surface area contributed by atoms with Gasteiger partial charge in [-0.3, -0.25) is 9.69 Å². The summed E-state index contributed by atoms with van der Waals surface area (Å²) in [6.07, 6.45) is -3.80. The zero-order valence-electron chi connectivity index (χ0n) is 15.3. The molecule has 0 bridgehead atoms. The summed E-state index contributed by atoms with van der Waals surface area (Å²) in [5.41, 5.74) is 1.94. The van der Waals surface area contributed by atoms with Crippen molar-refractivity contribution < 1.29 is 22.5 Å². The van der Waals surface area contributed by atoms with Crippen LogP contribution in [0.4, 0.5) is 13.2 Å². The van der Waals surface area contributed by atoms with Crippen LogP contribution in [0.15, 0.2) is 53.1 Å². The Bertz CT molecular complexity index is 939. The Balaban J connectivity index is 1.61. The third-order valence-electron chi connectivity index (χ3n) is 4.23. The molecule has 1 heterocycles. The van der Waals surface area contributed by atoms with Gasteiger partial charge < -0.3 is 9.84 Å². The molecule has 0 spiro atoms. The molecule has 148 valence electrons. The second-order valence-electron chi connectivity index (χ2n) is 6.57. The monoisotopic (exact) mass is 391 g/mol. The van der Waals surface area contributed by atoms with Gasteiger partial charge in [0, 0.05) is 17.7 Å². The third-order valence-corrected chi connectivity index (χ3v) is 4.23. The number of fused-ring (bicyclic) bond motifs is 1. The molecule has 0 aliphatic heterocycles. The van der Waals surface area contributed by atoms with Crippen LogP contribution in [0, 0.1) is 0 Å². The quantitative estimate of drug-likeness (QED) is 0.616. The van der Waals surface area contributed by atoms with Crippen LogP contribution in [-0.2, 0) is 0 Å². The fourth-order valence-electron chi connectivity index (χ4n) is 2.92. The molecule has 0 radical (unpaired) electrons. The van der Waals surface area contributed by atoms with Crippen molar-refractivity contribution in [1.82, 2.24) is 15.4 Å². The predicted molar refractivity (Wildman–Crippen MR) is 99.9 cm³/mol. The van der Waals surface area contributed by atoms with Gasteiger partial charge in [0.15, 0.2) is 5.76 Å². The topological polar surface area (TPSA) is 58.4 Å². The van der Waals surface area contributed by atoms with Crippen molar-refractivity contribution >= 4 is 16.8 Å². The Labute approximate surface area is 160 Å². The van der Waals surface area contributed by atoms with E-state index >= 15 is 0 Å². The third kappa shape index (κ3) is 5.10. The Morgan fingerprint density at radius 2 is 1.93 bits per heavy atom. The highest BCUT2D eigenvalue weighted by Crippen LogP contribution is 2.29. The maximum atomic E-state index is 12.4. The van der Waals surface area contributed by atoms with Crippen LogP contribution in [0.5, 0.6) is 0 Å². The van der Waals surface area contributed by atoms with Crippen molar-refractivity contribution in [3.8, 4) is 11.3 Å². The van der Waals surface area contributed by atoms with Crippen LogP contribution in [0.3, 0.4) is 0 Å². The number of carbonyl (C=O) groups is 1. The van der Waals surface area contributed by atoms with Crippen molar-refractivity contribution in [2.24, 2.45) is 0 Å². The Morgan fingerprint density at radius 3 is 2.64 bits per heavy atom. The smallest absolute Gasteiger partial charge is 0.355 e. The number of aromatic nitrogens is 1. The van der Waals surface area contributed by atoms with Gasteiger partial charge in [0.1, 0.15) is 5.52 Å². The molecule has 0 aliphatic carbocycles. The van der Waals surface area contributed by atoms with Crippen molar-refractivity contribution in [1.29, 1.82) is 0 Å². The summed E-state index contributed by atoms with van der Waals surface area (Å²) in [5, 5.41) is 7.48. The van der Waals surface area contributed by atoms with Crippen LogP contribution >= 0.6 is 0 Å². The summed E-state index contributed by atoms with van der Waals surface area (Å²) < 4.78 is 42.3. The number of rotatable bonds is 7. The average Bonchev–Trinajstić information content (AvgIpc) is 3.07.